The number of ether oxygens (including phenoxy) is 2. The monoisotopic (exact) mass is 241 g/mol. The van der Waals surface area contributed by atoms with Gasteiger partial charge in [0.1, 0.15) is 0 Å². The zero-order valence-electron chi connectivity index (χ0n) is 11.3. The number of hydrogen-bond donors (Lipinski definition) is 1. The van der Waals surface area contributed by atoms with Crippen LogP contribution in [0.5, 0.6) is 0 Å². The molecule has 2 unspecified atom stereocenters. The molecule has 2 saturated heterocycles. The van der Waals surface area contributed by atoms with Crippen molar-refractivity contribution in [2.24, 2.45) is 11.3 Å². The van der Waals surface area contributed by atoms with Crippen LogP contribution in [0.1, 0.15) is 39.5 Å². The van der Waals surface area contributed by atoms with Crippen LogP contribution in [0.25, 0.3) is 0 Å². The van der Waals surface area contributed by atoms with E-state index >= 15 is 0 Å². The molecule has 2 fully saturated rings. The van der Waals surface area contributed by atoms with Gasteiger partial charge in [-0.1, -0.05) is 6.92 Å². The Hall–Kier alpha value is -0.120. The molecule has 0 aromatic heterocycles. The highest BCUT2D eigenvalue weighted by Gasteiger charge is 2.42. The molecule has 17 heavy (non-hydrogen) atoms. The zero-order chi connectivity index (χ0) is 12.1. The van der Waals surface area contributed by atoms with E-state index in [0.717, 1.165) is 38.8 Å². The lowest BCUT2D eigenvalue weighted by atomic mass is 9.72. The highest BCUT2D eigenvalue weighted by molar-refractivity contribution is 4.93. The number of nitrogens with one attached hydrogen (secondary N) is 1. The van der Waals surface area contributed by atoms with Crippen LogP contribution in [0.4, 0.5) is 0 Å². The highest BCUT2D eigenvalue weighted by Crippen LogP contribution is 2.42. The number of hydrogen-bond acceptors (Lipinski definition) is 3. The van der Waals surface area contributed by atoms with Crippen LogP contribution in [0.2, 0.25) is 0 Å². The van der Waals surface area contributed by atoms with Crippen molar-refractivity contribution in [3.8, 4) is 0 Å². The largest absolute Gasteiger partial charge is 0.381 e. The predicted octanol–water partition coefficient (Wildman–Crippen LogP) is 2.21. The van der Waals surface area contributed by atoms with Crippen molar-refractivity contribution in [3.63, 3.8) is 0 Å². The third-order valence-corrected chi connectivity index (χ3v) is 4.59. The Morgan fingerprint density at radius 3 is 2.59 bits per heavy atom. The van der Waals surface area contributed by atoms with E-state index in [-0.39, 0.29) is 0 Å². The number of rotatable bonds is 5. The molecule has 0 aliphatic carbocycles. The summed E-state index contributed by atoms with van der Waals surface area (Å²) in [5, 5.41) is 3.54. The molecule has 2 atom stereocenters. The molecule has 0 spiro atoms. The second-order valence-corrected chi connectivity index (χ2v) is 5.67. The van der Waals surface area contributed by atoms with Gasteiger partial charge in [0.2, 0.25) is 0 Å². The van der Waals surface area contributed by atoms with E-state index in [1.807, 2.05) is 0 Å². The molecule has 2 aliphatic rings. The van der Waals surface area contributed by atoms with E-state index in [2.05, 4.69) is 19.2 Å². The van der Waals surface area contributed by atoms with Gasteiger partial charge < -0.3 is 14.8 Å². The lowest BCUT2D eigenvalue weighted by Gasteiger charge is -2.37. The normalized spacial score (nSPS) is 35.3. The lowest BCUT2D eigenvalue weighted by molar-refractivity contribution is 0.0180. The van der Waals surface area contributed by atoms with Gasteiger partial charge in [-0.05, 0) is 45.1 Å². The standard InChI is InChI=1S/C14H27NO2/c1-3-15-11-14(6-9-17-12(14)2)10-13-4-7-16-8-5-13/h12-13,15H,3-11H2,1-2H3. The molecule has 0 saturated carbocycles. The van der Waals surface area contributed by atoms with Crippen LogP contribution in [-0.2, 0) is 9.47 Å². The first-order chi connectivity index (χ1) is 8.27. The third kappa shape index (κ3) is 3.21. The average Bonchev–Trinajstić information content (AvgIpc) is 2.70. The van der Waals surface area contributed by atoms with Gasteiger partial charge in [0, 0.05) is 31.8 Å². The van der Waals surface area contributed by atoms with Gasteiger partial charge in [-0.25, -0.2) is 0 Å². The molecule has 2 rings (SSSR count). The molecule has 0 radical (unpaired) electrons. The maximum atomic E-state index is 5.84. The Labute approximate surface area is 105 Å². The molecule has 100 valence electrons. The second kappa shape index (κ2) is 6.17. The highest BCUT2D eigenvalue weighted by atomic mass is 16.5. The van der Waals surface area contributed by atoms with Crippen molar-refractivity contribution in [1.82, 2.24) is 5.32 Å². The third-order valence-electron chi connectivity index (χ3n) is 4.59. The van der Waals surface area contributed by atoms with E-state index < -0.39 is 0 Å². The summed E-state index contributed by atoms with van der Waals surface area (Å²) >= 11 is 0. The summed E-state index contributed by atoms with van der Waals surface area (Å²) in [6.07, 6.45) is 5.41. The lowest BCUT2D eigenvalue weighted by Crippen LogP contribution is -2.41. The van der Waals surface area contributed by atoms with Crippen molar-refractivity contribution < 1.29 is 9.47 Å². The topological polar surface area (TPSA) is 30.5 Å². The van der Waals surface area contributed by atoms with E-state index in [1.54, 1.807) is 0 Å². The van der Waals surface area contributed by atoms with Crippen LogP contribution in [0.15, 0.2) is 0 Å². The summed E-state index contributed by atoms with van der Waals surface area (Å²) < 4.78 is 11.3. The second-order valence-electron chi connectivity index (χ2n) is 5.67. The van der Waals surface area contributed by atoms with Crippen LogP contribution < -0.4 is 5.32 Å². The van der Waals surface area contributed by atoms with Gasteiger partial charge in [-0.15, -0.1) is 0 Å². The van der Waals surface area contributed by atoms with Gasteiger partial charge in [-0.3, -0.25) is 0 Å². The van der Waals surface area contributed by atoms with E-state index in [0.29, 0.717) is 11.5 Å². The molecule has 3 nitrogen and oxygen atoms in total. The fourth-order valence-electron chi connectivity index (χ4n) is 3.29. The van der Waals surface area contributed by atoms with Crippen molar-refractivity contribution >= 4 is 0 Å². The van der Waals surface area contributed by atoms with Gasteiger partial charge in [0.05, 0.1) is 6.10 Å². The summed E-state index contributed by atoms with van der Waals surface area (Å²) in [5.74, 6) is 0.839. The van der Waals surface area contributed by atoms with Gasteiger partial charge in [-0.2, -0.15) is 0 Å². The van der Waals surface area contributed by atoms with E-state index in [9.17, 15) is 0 Å². The van der Waals surface area contributed by atoms with Crippen LogP contribution in [-0.4, -0.2) is 39.0 Å². The molecular formula is C14H27NO2. The van der Waals surface area contributed by atoms with Gasteiger partial charge in [0.25, 0.3) is 0 Å². The first kappa shape index (κ1) is 13.3. The minimum Gasteiger partial charge on any atom is -0.381 e. The quantitative estimate of drug-likeness (QED) is 0.800. The van der Waals surface area contributed by atoms with Crippen LogP contribution in [0, 0.1) is 11.3 Å². The van der Waals surface area contributed by atoms with E-state index in [4.69, 9.17) is 9.47 Å². The van der Waals surface area contributed by atoms with Crippen LogP contribution >= 0.6 is 0 Å². The Kier molecular flexibility index (Phi) is 4.83. The molecule has 3 heteroatoms. The molecule has 2 heterocycles. The first-order valence-electron chi connectivity index (χ1n) is 7.17. The Morgan fingerprint density at radius 2 is 2.00 bits per heavy atom. The molecule has 0 aromatic carbocycles. The molecule has 0 amide bonds. The molecular weight excluding hydrogens is 214 g/mol. The van der Waals surface area contributed by atoms with E-state index in [1.165, 1.54) is 25.7 Å². The Bertz CT molecular complexity index is 228. The first-order valence-corrected chi connectivity index (χ1v) is 7.17. The fourth-order valence-corrected chi connectivity index (χ4v) is 3.29. The van der Waals surface area contributed by atoms with Crippen molar-refractivity contribution in [1.29, 1.82) is 0 Å². The van der Waals surface area contributed by atoms with Gasteiger partial charge in [0.15, 0.2) is 0 Å². The zero-order valence-corrected chi connectivity index (χ0v) is 11.3. The summed E-state index contributed by atoms with van der Waals surface area (Å²) in [6, 6.07) is 0. The van der Waals surface area contributed by atoms with Crippen molar-refractivity contribution in [2.45, 2.75) is 45.6 Å². The summed E-state index contributed by atoms with van der Waals surface area (Å²) in [4.78, 5) is 0. The molecule has 2 aliphatic heterocycles. The fraction of sp³-hybridized carbons (Fsp3) is 1.00. The SMILES string of the molecule is CCNCC1(CC2CCOCC2)CCOC1C. The molecule has 0 bridgehead atoms. The molecule has 0 aromatic rings. The average molecular weight is 241 g/mol. The summed E-state index contributed by atoms with van der Waals surface area (Å²) in [5.41, 5.74) is 0.373. The predicted molar refractivity (Wildman–Crippen MR) is 69.2 cm³/mol. The summed E-state index contributed by atoms with van der Waals surface area (Å²) in [7, 11) is 0. The van der Waals surface area contributed by atoms with Crippen LogP contribution in [0.3, 0.4) is 0 Å². The van der Waals surface area contributed by atoms with Crippen molar-refractivity contribution in [2.75, 3.05) is 32.9 Å². The maximum absolute atomic E-state index is 5.84. The minimum atomic E-state index is 0.373. The Balaban J connectivity index is 1.94. The minimum absolute atomic E-state index is 0.373. The Morgan fingerprint density at radius 1 is 1.24 bits per heavy atom. The molecule has 1 N–H and O–H groups in total. The summed E-state index contributed by atoms with van der Waals surface area (Å²) in [6.45, 7) is 9.46. The smallest absolute Gasteiger partial charge is 0.0616 e. The van der Waals surface area contributed by atoms with Gasteiger partial charge >= 0.3 is 0 Å². The van der Waals surface area contributed by atoms with Crippen molar-refractivity contribution in [3.05, 3.63) is 0 Å². The maximum Gasteiger partial charge on any atom is 0.0616 e.